The van der Waals surface area contributed by atoms with Crippen LogP contribution in [0.4, 0.5) is 5.82 Å². The fourth-order valence-electron chi connectivity index (χ4n) is 3.23. The fraction of sp³-hybridized carbons (Fsp3) is 0.474. The van der Waals surface area contributed by atoms with E-state index in [4.69, 9.17) is 9.15 Å². The number of hydrogen-bond acceptors (Lipinski definition) is 5. The van der Waals surface area contributed by atoms with E-state index in [1.165, 1.54) is 0 Å². The van der Waals surface area contributed by atoms with E-state index in [1.807, 2.05) is 24.3 Å². The average Bonchev–Trinajstić information content (AvgIpc) is 3.16. The quantitative estimate of drug-likeness (QED) is 0.817. The average molecular weight is 343 g/mol. The fourth-order valence-corrected chi connectivity index (χ4v) is 3.23. The summed E-state index contributed by atoms with van der Waals surface area (Å²) in [6, 6.07) is 7.87. The van der Waals surface area contributed by atoms with Crippen molar-refractivity contribution in [2.75, 3.05) is 31.7 Å². The monoisotopic (exact) mass is 343 g/mol. The molecule has 1 N–H and O–H groups in total. The van der Waals surface area contributed by atoms with Gasteiger partial charge in [-0.3, -0.25) is 4.79 Å². The highest BCUT2D eigenvalue weighted by Gasteiger charge is 2.30. The molecule has 2 aromatic rings. The minimum atomic E-state index is -0.133. The molecule has 1 saturated heterocycles. The second kappa shape index (κ2) is 8.16. The smallest absolute Gasteiger partial charge is 0.252 e. The number of carbonyl (C=O) groups excluding carboxylic acids is 1. The van der Waals surface area contributed by atoms with Crippen LogP contribution in [0.15, 0.2) is 41.1 Å². The van der Waals surface area contributed by atoms with E-state index in [9.17, 15) is 4.79 Å². The number of rotatable bonds is 6. The molecule has 25 heavy (non-hydrogen) atoms. The van der Waals surface area contributed by atoms with Gasteiger partial charge in [0.2, 0.25) is 0 Å². The Hall–Kier alpha value is -2.34. The number of nitrogens with zero attached hydrogens (tertiary/aromatic N) is 2. The Kier molecular flexibility index (Phi) is 5.71. The molecule has 0 spiro atoms. The molecule has 0 bridgehead atoms. The maximum absolute atomic E-state index is 12.1. The lowest BCUT2D eigenvalue weighted by Gasteiger charge is -2.38. The molecule has 6 nitrogen and oxygen atoms in total. The van der Waals surface area contributed by atoms with E-state index in [1.54, 1.807) is 19.6 Å². The number of ether oxygens (including phenoxy) is 1. The van der Waals surface area contributed by atoms with E-state index in [2.05, 4.69) is 22.1 Å². The molecule has 1 aliphatic rings. The van der Waals surface area contributed by atoms with Crippen LogP contribution in [-0.2, 0) is 4.74 Å². The number of pyridine rings is 1. The summed E-state index contributed by atoms with van der Waals surface area (Å²) >= 11 is 0. The number of nitrogens with one attached hydrogen (secondary N) is 1. The van der Waals surface area contributed by atoms with E-state index in [0.717, 1.165) is 31.0 Å². The van der Waals surface area contributed by atoms with Crippen molar-refractivity contribution in [1.29, 1.82) is 0 Å². The van der Waals surface area contributed by atoms with Crippen LogP contribution < -0.4 is 10.2 Å². The summed E-state index contributed by atoms with van der Waals surface area (Å²) in [6.07, 6.45) is 5.51. The molecule has 1 amide bonds. The Morgan fingerprint density at radius 1 is 1.44 bits per heavy atom. The highest BCUT2D eigenvalue weighted by Crippen LogP contribution is 2.36. The molecule has 2 aromatic heterocycles. The van der Waals surface area contributed by atoms with E-state index in [-0.39, 0.29) is 11.9 Å². The molecule has 1 fully saturated rings. The summed E-state index contributed by atoms with van der Waals surface area (Å²) < 4.78 is 10.6. The molecule has 1 aliphatic heterocycles. The van der Waals surface area contributed by atoms with Gasteiger partial charge in [-0.15, -0.1) is 0 Å². The van der Waals surface area contributed by atoms with E-state index < -0.39 is 0 Å². The predicted octanol–water partition coefficient (Wildman–Crippen LogP) is 3.03. The first-order chi connectivity index (χ1) is 12.2. The van der Waals surface area contributed by atoms with Crippen molar-refractivity contribution in [3.63, 3.8) is 0 Å². The van der Waals surface area contributed by atoms with Gasteiger partial charge in [-0.1, -0.05) is 6.92 Å². The van der Waals surface area contributed by atoms with Gasteiger partial charge in [0, 0.05) is 26.4 Å². The molecule has 0 aromatic carbocycles. The number of anilines is 1. The molecule has 0 saturated carbocycles. The van der Waals surface area contributed by atoms with E-state index >= 15 is 0 Å². The molecule has 3 heterocycles. The molecule has 134 valence electrons. The first-order valence-corrected chi connectivity index (χ1v) is 8.72. The first kappa shape index (κ1) is 17.5. The van der Waals surface area contributed by atoms with Crippen LogP contribution in [0.5, 0.6) is 0 Å². The molecule has 0 aliphatic carbocycles. The number of amides is 1. The minimum absolute atomic E-state index is 0.133. The van der Waals surface area contributed by atoms with Crippen molar-refractivity contribution in [2.24, 2.45) is 5.92 Å². The molecule has 6 heteroatoms. The predicted molar refractivity (Wildman–Crippen MR) is 95.6 cm³/mol. The maximum Gasteiger partial charge on any atom is 0.252 e. The SMILES string of the molecule is COCCNC(=O)c1ccc(N2CC[C@@H](C)C[C@H]2c2ccco2)nc1. The summed E-state index contributed by atoms with van der Waals surface area (Å²) in [4.78, 5) is 18.9. The minimum Gasteiger partial charge on any atom is -0.467 e. The molecular formula is C19H25N3O3. The highest BCUT2D eigenvalue weighted by molar-refractivity contribution is 5.94. The molecular weight excluding hydrogens is 318 g/mol. The third-order valence-corrected chi connectivity index (χ3v) is 4.63. The molecule has 0 radical (unpaired) electrons. The molecule has 2 atom stereocenters. The maximum atomic E-state index is 12.1. The van der Waals surface area contributed by atoms with Gasteiger partial charge in [0.1, 0.15) is 11.6 Å². The number of carbonyl (C=O) groups is 1. The van der Waals surface area contributed by atoms with Crippen molar-refractivity contribution >= 4 is 11.7 Å². The lowest BCUT2D eigenvalue weighted by Crippen LogP contribution is -2.36. The Labute approximate surface area is 148 Å². The van der Waals surface area contributed by atoms with Gasteiger partial charge >= 0.3 is 0 Å². The van der Waals surface area contributed by atoms with Crippen molar-refractivity contribution in [3.05, 3.63) is 48.0 Å². The number of furan rings is 1. The van der Waals surface area contributed by atoms with Gasteiger partial charge < -0.3 is 19.4 Å². The highest BCUT2D eigenvalue weighted by atomic mass is 16.5. The van der Waals surface area contributed by atoms with Gasteiger partial charge in [0.25, 0.3) is 5.91 Å². The van der Waals surface area contributed by atoms with Crippen LogP contribution in [0.3, 0.4) is 0 Å². The van der Waals surface area contributed by atoms with Crippen LogP contribution in [-0.4, -0.2) is 37.7 Å². The van der Waals surface area contributed by atoms with Gasteiger partial charge in [0.15, 0.2) is 0 Å². The summed E-state index contributed by atoms with van der Waals surface area (Å²) in [5.41, 5.74) is 0.555. The zero-order chi connectivity index (χ0) is 17.6. The third-order valence-electron chi connectivity index (χ3n) is 4.63. The summed E-state index contributed by atoms with van der Waals surface area (Å²) in [5.74, 6) is 2.36. The summed E-state index contributed by atoms with van der Waals surface area (Å²) in [7, 11) is 1.61. The van der Waals surface area contributed by atoms with Crippen LogP contribution >= 0.6 is 0 Å². The topological polar surface area (TPSA) is 67.6 Å². The van der Waals surface area contributed by atoms with Crippen molar-refractivity contribution < 1.29 is 13.9 Å². The van der Waals surface area contributed by atoms with Crippen LogP contribution in [0.25, 0.3) is 0 Å². The van der Waals surface area contributed by atoms with Crippen LogP contribution in [0.2, 0.25) is 0 Å². The summed E-state index contributed by atoms with van der Waals surface area (Å²) in [6.45, 7) is 4.18. The Morgan fingerprint density at radius 3 is 3.00 bits per heavy atom. The van der Waals surface area contributed by atoms with Crippen molar-refractivity contribution in [2.45, 2.75) is 25.8 Å². The number of aromatic nitrogens is 1. The standard InChI is InChI=1S/C19H25N3O3/c1-14-7-9-22(16(12-14)17-4-3-10-25-17)18-6-5-15(13-21-18)19(23)20-8-11-24-2/h3-6,10,13-14,16H,7-9,11-12H2,1-2H3,(H,20,23)/t14-,16+/m1/s1. The Morgan fingerprint density at radius 2 is 2.32 bits per heavy atom. The number of methoxy groups -OCH3 is 1. The lowest BCUT2D eigenvalue weighted by molar-refractivity contribution is 0.0936. The zero-order valence-electron chi connectivity index (χ0n) is 14.8. The first-order valence-electron chi connectivity index (χ1n) is 8.72. The molecule has 3 rings (SSSR count). The third kappa shape index (κ3) is 4.20. The number of hydrogen-bond donors (Lipinski definition) is 1. The van der Waals surface area contributed by atoms with Crippen LogP contribution in [0.1, 0.15) is 41.9 Å². The van der Waals surface area contributed by atoms with Crippen molar-refractivity contribution in [3.8, 4) is 0 Å². The van der Waals surface area contributed by atoms with Gasteiger partial charge in [-0.05, 0) is 43.0 Å². The second-order valence-corrected chi connectivity index (χ2v) is 6.51. The number of piperidine rings is 1. The summed E-state index contributed by atoms with van der Waals surface area (Å²) in [5, 5.41) is 2.80. The van der Waals surface area contributed by atoms with Crippen molar-refractivity contribution in [1.82, 2.24) is 10.3 Å². The largest absolute Gasteiger partial charge is 0.467 e. The van der Waals surface area contributed by atoms with Gasteiger partial charge in [-0.25, -0.2) is 4.98 Å². The van der Waals surface area contributed by atoms with Crippen LogP contribution in [0, 0.1) is 5.92 Å². The Balaban J connectivity index is 1.72. The normalized spacial score (nSPS) is 20.5. The second-order valence-electron chi connectivity index (χ2n) is 6.51. The lowest BCUT2D eigenvalue weighted by atomic mass is 9.91. The molecule has 0 unspecified atom stereocenters. The zero-order valence-corrected chi connectivity index (χ0v) is 14.8. The Bertz CT molecular complexity index is 670. The van der Waals surface area contributed by atoms with Gasteiger partial charge in [0.05, 0.1) is 24.5 Å². The van der Waals surface area contributed by atoms with E-state index in [0.29, 0.717) is 24.6 Å². The van der Waals surface area contributed by atoms with Gasteiger partial charge in [-0.2, -0.15) is 0 Å².